The van der Waals surface area contributed by atoms with E-state index in [1.54, 1.807) is 10.7 Å². The van der Waals surface area contributed by atoms with Crippen molar-refractivity contribution in [3.63, 3.8) is 0 Å². The molecule has 0 saturated carbocycles. The van der Waals surface area contributed by atoms with Crippen molar-refractivity contribution in [2.75, 3.05) is 31.1 Å². The summed E-state index contributed by atoms with van der Waals surface area (Å²) in [6.45, 7) is 7.83. The molecule has 0 bridgehead atoms. The Balaban J connectivity index is 1.18. The van der Waals surface area contributed by atoms with Crippen LogP contribution in [0.5, 0.6) is 5.75 Å². The van der Waals surface area contributed by atoms with Crippen molar-refractivity contribution < 1.29 is 9.53 Å². The molecular formula is C25H29N5O2. The highest BCUT2D eigenvalue weighted by Gasteiger charge is 2.46. The van der Waals surface area contributed by atoms with Gasteiger partial charge in [-0.05, 0) is 62.4 Å². The minimum Gasteiger partial charge on any atom is -0.493 e. The van der Waals surface area contributed by atoms with Gasteiger partial charge in [0.25, 0.3) is 0 Å². The fourth-order valence-corrected chi connectivity index (χ4v) is 5.69. The Kier molecular flexibility index (Phi) is 4.50. The Morgan fingerprint density at radius 3 is 2.84 bits per heavy atom. The number of carbonyl (C=O) groups is 1. The third-order valence-corrected chi connectivity index (χ3v) is 7.67. The Morgan fingerprint density at radius 2 is 2.00 bits per heavy atom. The van der Waals surface area contributed by atoms with Gasteiger partial charge < -0.3 is 4.74 Å². The lowest BCUT2D eigenvalue weighted by Gasteiger charge is -2.41. The summed E-state index contributed by atoms with van der Waals surface area (Å²) in [5.41, 5.74) is 4.38. The number of hydrogen-bond donors (Lipinski definition) is 0. The van der Waals surface area contributed by atoms with Crippen molar-refractivity contribution in [2.24, 2.45) is 5.41 Å². The fraction of sp³-hybridized carbons (Fsp3) is 0.480. The van der Waals surface area contributed by atoms with Gasteiger partial charge in [-0.15, -0.1) is 0 Å². The molecule has 2 saturated heterocycles. The zero-order valence-corrected chi connectivity index (χ0v) is 18.8. The average molecular weight is 432 g/mol. The lowest BCUT2D eigenvalue weighted by atomic mass is 9.77. The predicted octanol–water partition coefficient (Wildman–Crippen LogP) is 3.55. The highest BCUT2D eigenvalue weighted by molar-refractivity contribution is 5.95. The molecule has 166 valence electrons. The maximum absolute atomic E-state index is 13.1. The number of aromatic nitrogens is 3. The van der Waals surface area contributed by atoms with Crippen LogP contribution in [0.1, 0.15) is 49.0 Å². The average Bonchev–Trinajstić information content (AvgIpc) is 3.51. The quantitative estimate of drug-likeness (QED) is 0.635. The van der Waals surface area contributed by atoms with E-state index in [0.717, 1.165) is 68.4 Å². The van der Waals surface area contributed by atoms with Crippen molar-refractivity contribution in [1.82, 2.24) is 19.5 Å². The lowest BCUT2D eigenvalue weighted by Crippen LogP contribution is -2.42. The number of likely N-dealkylation sites (tertiary alicyclic amines) is 1. The van der Waals surface area contributed by atoms with Gasteiger partial charge in [-0.3, -0.25) is 14.6 Å². The van der Waals surface area contributed by atoms with E-state index in [-0.39, 0.29) is 11.3 Å². The van der Waals surface area contributed by atoms with Gasteiger partial charge in [0.1, 0.15) is 11.6 Å². The minimum atomic E-state index is 0.0466. The Morgan fingerprint density at radius 1 is 1.16 bits per heavy atom. The van der Waals surface area contributed by atoms with Crippen molar-refractivity contribution in [3.05, 3.63) is 53.3 Å². The normalized spacial score (nSPS) is 21.3. The van der Waals surface area contributed by atoms with Gasteiger partial charge in [-0.1, -0.05) is 12.1 Å². The van der Waals surface area contributed by atoms with Crippen molar-refractivity contribution >= 4 is 17.4 Å². The number of anilines is 1. The molecule has 1 amide bonds. The van der Waals surface area contributed by atoms with Crippen LogP contribution in [0.2, 0.25) is 0 Å². The summed E-state index contributed by atoms with van der Waals surface area (Å²) in [6, 6.07) is 10.9. The van der Waals surface area contributed by atoms with E-state index in [1.165, 1.54) is 11.1 Å². The number of carbonyl (C=O) groups excluding carboxylic acids is 1. The number of aryl methyl sites for hydroxylation is 1. The van der Waals surface area contributed by atoms with Gasteiger partial charge in [0.15, 0.2) is 5.65 Å². The number of rotatable bonds is 3. The SMILES string of the molecule is Cc1cc(N2CC3(CCN(C(C)c4ccc5c(c4)OCC5)CC3)CC2=O)n2nccc2n1. The van der Waals surface area contributed by atoms with Crippen molar-refractivity contribution in [1.29, 1.82) is 0 Å². The smallest absolute Gasteiger partial charge is 0.228 e. The molecule has 3 aromatic rings. The molecule has 5 heterocycles. The number of fused-ring (bicyclic) bond motifs is 2. The number of nitrogens with zero attached hydrogens (tertiary/aromatic N) is 5. The molecule has 0 N–H and O–H groups in total. The second kappa shape index (κ2) is 7.30. The molecule has 7 nitrogen and oxygen atoms in total. The molecule has 1 aromatic carbocycles. The first-order valence-electron chi connectivity index (χ1n) is 11.6. The molecule has 3 aliphatic rings. The van der Waals surface area contributed by atoms with Crippen LogP contribution in [0.4, 0.5) is 5.82 Å². The van der Waals surface area contributed by atoms with E-state index in [2.05, 4.69) is 40.1 Å². The third kappa shape index (κ3) is 3.18. The van der Waals surface area contributed by atoms with Crippen LogP contribution in [-0.4, -0.2) is 51.6 Å². The van der Waals surface area contributed by atoms with Crippen LogP contribution in [-0.2, 0) is 11.2 Å². The lowest BCUT2D eigenvalue weighted by molar-refractivity contribution is -0.118. The first kappa shape index (κ1) is 19.7. The van der Waals surface area contributed by atoms with E-state index in [4.69, 9.17) is 4.74 Å². The van der Waals surface area contributed by atoms with Crippen LogP contribution in [0, 0.1) is 12.3 Å². The van der Waals surface area contributed by atoms with Crippen LogP contribution in [0.25, 0.3) is 5.65 Å². The number of ether oxygens (including phenoxy) is 1. The third-order valence-electron chi connectivity index (χ3n) is 7.67. The second-order valence-corrected chi connectivity index (χ2v) is 9.69. The number of benzene rings is 1. The summed E-state index contributed by atoms with van der Waals surface area (Å²) in [5.74, 6) is 2.09. The highest BCUT2D eigenvalue weighted by atomic mass is 16.5. The van der Waals surface area contributed by atoms with E-state index in [0.29, 0.717) is 12.5 Å². The molecule has 1 unspecified atom stereocenters. The van der Waals surface area contributed by atoms with Crippen LogP contribution in [0.3, 0.4) is 0 Å². The summed E-state index contributed by atoms with van der Waals surface area (Å²) in [7, 11) is 0. The van der Waals surface area contributed by atoms with E-state index >= 15 is 0 Å². The maximum Gasteiger partial charge on any atom is 0.228 e. The number of hydrogen-bond acceptors (Lipinski definition) is 5. The Bertz CT molecular complexity index is 1190. The Labute approximate surface area is 188 Å². The summed E-state index contributed by atoms with van der Waals surface area (Å²) in [4.78, 5) is 22.1. The molecule has 3 aliphatic heterocycles. The first-order chi connectivity index (χ1) is 15.5. The van der Waals surface area contributed by atoms with Crippen molar-refractivity contribution in [3.8, 4) is 5.75 Å². The predicted molar refractivity (Wildman–Crippen MR) is 122 cm³/mol. The van der Waals surface area contributed by atoms with Gasteiger partial charge in [0, 0.05) is 43.3 Å². The Hall–Kier alpha value is -2.93. The van der Waals surface area contributed by atoms with Crippen LogP contribution >= 0.6 is 0 Å². The van der Waals surface area contributed by atoms with Gasteiger partial charge in [-0.2, -0.15) is 9.61 Å². The van der Waals surface area contributed by atoms with E-state index in [1.807, 2.05) is 24.0 Å². The van der Waals surface area contributed by atoms with Gasteiger partial charge in [-0.25, -0.2) is 4.98 Å². The molecule has 2 fully saturated rings. The molecule has 1 atom stereocenters. The first-order valence-corrected chi connectivity index (χ1v) is 11.6. The number of piperidine rings is 1. The monoisotopic (exact) mass is 431 g/mol. The standard InChI is InChI=1S/C25H29N5O2/c1-17-13-23(30-22(27-17)5-9-26-30)29-16-25(15-24(29)31)7-10-28(11-8-25)18(2)20-4-3-19-6-12-32-21(19)14-20/h3-5,9,13-14,18H,6-8,10-12,15-16H2,1-2H3. The maximum atomic E-state index is 13.1. The minimum absolute atomic E-state index is 0.0466. The zero-order valence-electron chi connectivity index (χ0n) is 18.8. The molecule has 1 spiro atoms. The van der Waals surface area contributed by atoms with E-state index in [9.17, 15) is 4.79 Å². The van der Waals surface area contributed by atoms with Gasteiger partial charge in [0.2, 0.25) is 5.91 Å². The molecule has 32 heavy (non-hydrogen) atoms. The van der Waals surface area contributed by atoms with Gasteiger partial charge in [0.05, 0.1) is 12.8 Å². The van der Waals surface area contributed by atoms with E-state index < -0.39 is 0 Å². The molecule has 6 rings (SSSR count). The molecule has 0 radical (unpaired) electrons. The summed E-state index contributed by atoms with van der Waals surface area (Å²) in [6.07, 6.45) is 5.45. The summed E-state index contributed by atoms with van der Waals surface area (Å²) < 4.78 is 7.57. The van der Waals surface area contributed by atoms with Crippen molar-refractivity contribution in [2.45, 2.75) is 45.6 Å². The van der Waals surface area contributed by atoms with Crippen LogP contribution < -0.4 is 9.64 Å². The molecule has 2 aromatic heterocycles. The second-order valence-electron chi connectivity index (χ2n) is 9.69. The zero-order chi connectivity index (χ0) is 21.9. The summed E-state index contributed by atoms with van der Waals surface area (Å²) >= 11 is 0. The summed E-state index contributed by atoms with van der Waals surface area (Å²) in [5, 5.41) is 4.41. The topological polar surface area (TPSA) is 63.0 Å². The molecule has 7 heteroatoms. The largest absolute Gasteiger partial charge is 0.493 e. The highest BCUT2D eigenvalue weighted by Crippen LogP contribution is 2.44. The fourth-order valence-electron chi connectivity index (χ4n) is 5.69. The molecular weight excluding hydrogens is 402 g/mol. The molecule has 0 aliphatic carbocycles. The van der Waals surface area contributed by atoms with Crippen LogP contribution in [0.15, 0.2) is 36.5 Å². The van der Waals surface area contributed by atoms with Gasteiger partial charge >= 0.3 is 0 Å². The number of amides is 1.